The number of nitrogens with two attached hydrogens (primary N) is 1. The molecule has 0 saturated carbocycles. The first-order valence-electron chi connectivity index (χ1n) is 6.34. The van der Waals surface area contributed by atoms with E-state index in [1.165, 1.54) is 0 Å². The van der Waals surface area contributed by atoms with E-state index in [0.717, 1.165) is 27.8 Å². The summed E-state index contributed by atoms with van der Waals surface area (Å²) in [6.07, 6.45) is 1.94. The van der Waals surface area contributed by atoms with E-state index in [9.17, 15) is 0 Å². The molecule has 0 bridgehead atoms. The maximum Gasteiger partial charge on any atom is 0.143 e. The zero-order valence-electron chi connectivity index (χ0n) is 10.6. The van der Waals surface area contributed by atoms with E-state index in [1.54, 1.807) is 0 Å². The number of fused-ring (bicyclic) bond motifs is 1. The van der Waals surface area contributed by atoms with Gasteiger partial charge in [-0.05, 0) is 17.2 Å². The highest BCUT2D eigenvalue weighted by molar-refractivity contribution is 5.88. The lowest BCUT2D eigenvalue weighted by Gasteiger charge is -2.07. The molecule has 1 aromatic heterocycles. The van der Waals surface area contributed by atoms with Gasteiger partial charge in [-0.15, -0.1) is 0 Å². The first-order valence-corrected chi connectivity index (χ1v) is 6.34. The number of hydrogen-bond donors (Lipinski definition) is 2. The van der Waals surface area contributed by atoms with Gasteiger partial charge in [0, 0.05) is 18.1 Å². The van der Waals surface area contributed by atoms with Crippen LogP contribution in [0.25, 0.3) is 10.9 Å². The van der Waals surface area contributed by atoms with Crippen LogP contribution in [0.1, 0.15) is 11.1 Å². The zero-order chi connectivity index (χ0) is 13.1. The predicted molar refractivity (Wildman–Crippen MR) is 77.0 cm³/mol. The maximum absolute atomic E-state index is 5.89. The molecule has 0 unspecified atom stereocenters. The van der Waals surface area contributed by atoms with Crippen LogP contribution < -0.4 is 10.5 Å². The van der Waals surface area contributed by atoms with Crippen molar-refractivity contribution in [3.8, 4) is 5.75 Å². The van der Waals surface area contributed by atoms with Gasteiger partial charge in [0.05, 0.1) is 5.52 Å². The Bertz CT molecular complexity index is 674. The van der Waals surface area contributed by atoms with Crippen LogP contribution in [0.15, 0.2) is 54.7 Å². The number of ether oxygens (including phenoxy) is 1. The second kappa shape index (κ2) is 5.16. The van der Waals surface area contributed by atoms with Crippen LogP contribution in [-0.4, -0.2) is 4.98 Å². The number of para-hydroxylation sites is 1. The third-order valence-electron chi connectivity index (χ3n) is 3.22. The Morgan fingerprint density at radius 1 is 1.00 bits per heavy atom. The maximum atomic E-state index is 5.89. The molecule has 0 amide bonds. The number of H-pyrrole nitrogens is 1. The van der Waals surface area contributed by atoms with Crippen LogP contribution in [-0.2, 0) is 13.2 Å². The number of nitrogens with one attached hydrogen (secondary N) is 1. The van der Waals surface area contributed by atoms with Crippen LogP contribution in [0.4, 0.5) is 0 Å². The lowest BCUT2D eigenvalue weighted by molar-refractivity contribution is 0.309. The summed E-state index contributed by atoms with van der Waals surface area (Å²) in [6, 6.07) is 16.2. The summed E-state index contributed by atoms with van der Waals surface area (Å²) in [6.45, 7) is 1.10. The fraction of sp³-hybridized carbons (Fsp3) is 0.125. The number of aromatic amines is 1. The van der Waals surface area contributed by atoms with Gasteiger partial charge >= 0.3 is 0 Å². The van der Waals surface area contributed by atoms with E-state index in [-0.39, 0.29) is 0 Å². The summed E-state index contributed by atoms with van der Waals surface area (Å²) in [7, 11) is 0. The highest BCUT2D eigenvalue weighted by atomic mass is 16.5. The Balaban J connectivity index is 1.87. The first kappa shape index (κ1) is 11.8. The molecular weight excluding hydrogens is 236 g/mol. The lowest BCUT2D eigenvalue weighted by Crippen LogP contribution is -1.96. The molecule has 2 aromatic carbocycles. The highest BCUT2D eigenvalue weighted by Crippen LogP contribution is 2.27. The van der Waals surface area contributed by atoms with Crippen LogP contribution in [0.2, 0.25) is 0 Å². The number of aromatic nitrogens is 1. The van der Waals surface area contributed by atoms with Gasteiger partial charge in [0.25, 0.3) is 0 Å². The monoisotopic (exact) mass is 252 g/mol. The van der Waals surface area contributed by atoms with E-state index in [1.807, 2.05) is 36.5 Å². The Hall–Kier alpha value is -2.26. The standard InChI is InChI=1S/C16H16N2O/c17-9-13-10-18-16-14(13)7-4-8-15(16)19-11-12-5-2-1-3-6-12/h1-8,10,18H,9,11,17H2. The van der Waals surface area contributed by atoms with Gasteiger partial charge in [-0.2, -0.15) is 0 Å². The molecule has 0 saturated heterocycles. The van der Waals surface area contributed by atoms with E-state index in [2.05, 4.69) is 23.2 Å². The lowest BCUT2D eigenvalue weighted by atomic mass is 10.1. The van der Waals surface area contributed by atoms with Crippen molar-refractivity contribution in [2.45, 2.75) is 13.2 Å². The van der Waals surface area contributed by atoms with Gasteiger partial charge in [-0.25, -0.2) is 0 Å². The third-order valence-corrected chi connectivity index (χ3v) is 3.22. The molecule has 1 heterocycles. The Labute approximate surface area is 112 Å². The minimum atomic E-state index is 0.530. The van der Waals surface area contributed by atoms with Gasteiger partial charge in [0.1, 0.15) is 12.4 Å². The van der Waals surface area contributed by atoms with E-state index < -0.39 is 0 Å². The summed E-state index contributed by atoms with van der Waals surface area (Å²) in [5.74, 6) is 0.862. The molecule has 3 N–H and O–H groups in total. The number of hydrogen-bond acceptors (Lipinski definition) is 2. The topological polar surface area (TPSA) is 51.0 Å². The molecule has 0 aliphatic carbocycles. The van der Waals surface area contributed by atoms with Crippen LogP contribution in [0.5, 0.6) is 5.75 Å². The van der Waals surface area contributed by atoms with Crippen molar-refractivity contribution in [1.29, 1.82) is 0 Å². The molecule has 0 spiro atoms. The van der Waals surface area contributed by atoms with Gasteiger partial charge < -0.3 is 15.5 Å². The minimum Gasteiger partial charge on any atom is -0.487 e. The second-order valence-electron chi connectivity index (χ2n) is 4.47. The predicted octanol–water partition coefficient (Wildman–Crippen LogP) is 3.21. The molecular formula is C16H16N2O. The third kappa shape index (κ3) is 2.33. The summed E-state index contributed by atoms with van der Waals surface area (Å²) < 4.78 is 5.89. The first-order chi connectivity index (χ1) is 9.38. The molecule has 3 heteroatoms. The molecule has 3 aromatic rings. The zero-order valence-corrected chi connectivity index (χ0v) is 10.6. The average molecular weight is 252 g/mol. The Kier molecular flexibility index (Phi) is 3.21. The van der Waals surface area contributed by atoms with E-state index >= 15 is 0 Å². The average Bonchev–Trinajstić information content (AvgIpc) is 2.90. The normalized spacial score (nSPS) is 10.8. The molecule has 0 fully saturated rings. The molecule has 0 aliphatic rings. The molecule has 0 aliphatic heterocycles. The highest BCUT2D eigenvalue weighted by Gasteiger charge is 2.07. The minimum absolute atomic E-state index is 0.530. The van der Waals surface area contributed by atoms with Gasteiger partial charge in [0.2, 0.25) is 0 Å². The molecule has 19 heavy (non-hydrogen) atoms. The van der Waals surface area contributed by atoms with Gasteiger partial charge in [0.15, 0.2) is 0 Å². The molecule has 3 nitrogen and oxygen atoms in total. The van der Waals surface area contributed by atoms with Crippen molar-refractivity contribution in [3.63, 3.8) is 0 Å². The fourth-order valence-corrected chi connectivity index (χ4v) is 2.21. The van der Waals surface area contributed by atoms with Crippen LogP contribution in [0.3, 0.4) is 0 Å². The molecule has 96 valence electrons. The largest absolute Gasteiger partial charge is 0.487 e. The van der Waals surface area contributed by atoms with Crippen molar-refractivity contribution in [2.24, 2.45) is 5.73 Å². The van der Waals surface area contributed by atoms with Gasteiger partial charge in [-0.1, -0.05) is 42.5 Å². The Morgan fingerprint density at radius 3 is 2.63 bits per heavy atom. The summed E-state index contributed by atoms with van der Waals surface area (Å²) in [5.41, 5.74) is 9.00. The van der Waals surface area contributed by atoms with Crippen molar-refractivity contribution in [2.75, 3.05) is 0 Å². The summed E-state index contributed by atoms with van der Waals surface area (Å²) >= 11 is 0. The molecule has 0 radical (unpaired) electrons. The van der Waals surface area contributed by atoms with Crippen LogP contribution >= 0.6 is 0 Å². The van der Waals surface area contributed by atoms with Crippen LogP contribution in [0, 0.1) is 0 Å². The van der Waals surface area contributed by atoms with Crippen molar-refractivity contribution in [1.82, 2.24) is 4.98 Å². The SMILES string of the molecule is NCc1c[nH]c2c(OCc3ccccc3)cccc12. The quantitative estimate of drug-likeness (QED) is 0.749. The number of rotatable bonds is 4. The fourth-order valence-electron chi connectivity index (χ4n) is 2.21. The summed E-state index contributed by atoms with van der Waals surface area (Å²) in [5, 5.41) is 1.13. The molecule has 3 rings (SSSR count). The second-order valence-corrected chi connectivity index (χ2v) is 4.47. The van der Waals surface area contributed by atoms with E-state index in [0.29, 0.717) is 13.2 Å². The van der Waals surface area contributed by atoms with Crippen molar-refractivity contribution >= 4 is 10.9 Å². The Morgan fingerprint density at radius 2 is 1.84 bits per heavy atom. The van der Waals surface area contributed by atoms with Crippen molar-refractivity contribution in [3.05, 3.63) is 65.9 Å². The number of benzene rings is 2. The smallest absolute Gasteiger partial charge is 0.143 e. The summed E-state index contributed by atoms with van der Waals surface area (Å²) in [4.78, 5) is 3.24. The van der Waals surface area contributed by atoms with Gasteiger partial charge in [-0.3, -0.25) is 0 Å². The van der Waals surface area contributed by atoms with Crippen molar-refractivity contribution < 1.29 is 4.74 Å². The van der Waals surface area contributed by atoms with E-state index in [4.69, 9.17) is 10.5 Å². The molecule has 0 atom stereocenters.